The molecule has 0 atom stereocenters. The molecule has 0 aliphatic heterocycles. The van der Waals surface area contributed by atoms with E-state index in [-0.39, 0.29) is 11.6 Å². The van der Waals surface area contributed by atoms with Crippen molar-refractivity contribution in [3.63, 3.8) is 0 Å². The van der Waals surface area contributed by atoms with Gasteiger partial charge in [0.15, 0.2) is 5.75 Å². The van der Waals surface area contributed by atoms with Crippen LogP contribution in [0.5, 0.6) is 11.6 Å². The molecular formula is C11H13N5O2. The standard InChI is InChI=1S/C11H13N5O2/c1-12-9-3-4-13-11(16-9)15-7-5-8(17)10(18-2)14-6-7/h3-6,17H,1-2H3,(H2,12,13,15,16). The molecule has 0 aliphatic rings. The largest absolute Gasteiger partial charge is 0.503 e. The highest BCUT2D eigenvalue weighted by Crippen LogP contribution is 2.26. The number of nitrogens with one attached hydrogen (secondary N) is 2. The summed E-state index contributed by atoms with van der Waals surface area (Å²) in [6.07, 6.45) is 3.14. The van der Waals surface area contributed by atoms with E-state index < -0.39 is 0 Å². The highest BCUT2D eigenvalue weighted by atomic mass is 16.5. The molecule has 0 spiro atoms. The second kappa shape index (κ2) is 5.17. The van der Waals surface area contributed by atoms with Crippen LogP contribution in [0.1, 0.15) is 0 Å². The third-order valence-corrected chi connectivity index (χ3v) is 2.19. The van der Waals surface area contributed by atoms with Crippen LogP contribution in [0.2, 0.25) is 0 Å². The highest BCUT2D eigenvalue weighted by molar-refractivity contribution is 5.57. The lowest BCUT2D eigenvalue weighted by Gasteiger charge is -2.07. The predicted octanol–water partition coefficient (Wildman–Crippen LogP) is 1.37. The molecule has 2 aromatic heterocycles. The molecule has 0 aliphatic carbocycles. The van der Waals surface area contributed by atoms with Gasteiger partial charge in [0, 0.05) is 19.3 Å². The van der Waals surface area contributed by atoms with Gasteiger partial charge in [-0.05, 0) is 6.07 Å². The van der Waals surface area contributed by atoms with Crippen LogP contribution in [0.4, 0.5) is 17.5 Å². The topological polar surface area (TPSA) is 92.2 Å². The Balaban J connectivity index is 2.20. The number of aromatic nitrogens is 3. The number of rotatable bonds is 4. The van der Waals surface area contributed by atoms with Crippen molar-refractivity contribution in [2.24, 2.45) is 0 Å². The summed E-state index contributed by atoms with van der Waals surface area (Å²) in [7, 11) is 3.21. The molecule has 2 rings (SSSR count). The summed E-state index contributed by atoms with van der Waals surface area (Å²) in [5.74, 6) is 1.23. The fourth-order valence-corrected chi connectivity index (χ4v) is 1.35. The molecule has 0 aromatic carbocycles. The summed E-state index contributed by atoms with van der Waals surface area (Å²) >= 11 is 0. The summed E-state index contributed by atoms with van der Waals surface area (Å²) in [4.78, 5) is 12.2. The van der Waals surface area contributed by atoms with Crippen LogP contribution in [-0.4, -0.2) is 34.2 Å². The van der Waals surface area contributed by atoms with E-state index in [0.717, 1.165) is 0 Å². The molecule has 0 unspecified atom stereocenters. The van der Waals surface area contributed by atoms with Crippen molar-refractivity contribution in [2.45, 2.75) is 0 Å². The normalized spacial score (nSPS) is 9.89. The summed E-state index contributed by atoms with van der Waals surface area (Å²) in [6.45, 7) is 0. The van der Waals surface area contributed by atoms with Gasteiger partial charge in [-0.3, -0.25) is 0 Å². The molecule has 0 amide bonds. The van der Waals surface area contributed by atoms with Crippen LogP contribution in [0, 0.1) is 0 Å². The van der Waals surface area contributed by atoms with E-state index in [1.165, 1.54) is 19.4 Å². The first-order valence-electron chi connectivity index (χ1n) is 5.23. The maximum atomic E-state index is 9.59. The van der Waals surface area contributed by atoms with E-state index >= 15 is 0 Å². The van der Waals surface area contributed by atoms with Gasteiger partial charge in [0.2, 0.25) is 5.95 Å². The first-order valence-corrected chi connectivity index (χ1v) is 5.23. The predicted molar refractivity (Wildman–Crippen MR) is 67.3 cm³/mol. The number of methoxy groups -OCH3 is 1. The molecule has 7 heteroatoms. The number of ether oxygens (including phenoxy) is 1. The lowest BCUT2D eigenvalue weighted by Crippen LogP contribution is -2.00. The molecule has 0 bridgehead atoms. The minimum Gasteiger partial charge on any atom is -0.503 e. The maximum Gasteiger partial charge on any atom is 0.256 e. The average molecular weight is 247 g/mol. The molecule has 94 valence electrons. The van der Waals surface area contributed by atoms with E-state index in [0.29, 0.717) is 17.5 Å². The Morgan fingerprint density at radius 3 is 2.83 bits per heavy atom. The van der Waals surface area contributed by atoms with Crippen LogP contribution in [-0.2, 0) is 0 Å². The molecule has 18 heavy (non-hydrogen) atoms. The van der Waals surface area contributed by atoms with Crippen molar-refractivity contribution in [3.05, 3.63) is 24.5 Å². The Hall–Kier alpha value is -2.57. The Labute approximate surface area is 104 Å². The van der Waals surface area contributed by atoms with Gasteiger partial charge in [-0.2, -0.15) is 4.98 Å². The van der Waals surface area contributed by atoms with Crippen molar-refractivity contribution in [2.75, 3.05) is 24.8 Å². The lowest BCUT2D eigenvalue weighted by molar-refractivity contribution is 0.359. The van der Waals surface area contributed by atoms with Crippen LogP contribution < -0.4 is 15.4 Å². The maximum absolute atomic E-state index is 9.59. The van der Waals surface area contributed by atoms with Gasteiger partial charge in [-0.25, -0.2) is 9.97 Å². The molecule has 0 saturated heterocycles. The Kier molecular flexibility index (Phi) is 3.42. The first kappa shape index (κ1) is 11.9. The van der Waals surface area contributed by atoms with Crippen molar-refractivity contribution in [1.82, 2.24) is 15.0 Å². The van der Waals surface area contributed by atoms with E-state index in [9.17, 15) is 5.11 Å². The van der Waals surface area contributed by atoms with E-state index in [1.54, 1.807) is 19.3 Å². The van der Waals surface area contributed by atoms with E-state index in [1.807, 2.05) is 0 Å². The molecule has 7 nitrogen and oxygen atoms in total. The zero-order chi connectivity index (χ0) is 13.0. The van der Waals surface area contributed by atoms with Crippen molar-refractivity contribution in [3.8, 4) is 11.6 Å². The fourth-order valence-electron chi connectivity index (χ4n) is 1.35. The second-order valence-electron chi connectivity index (χ2n) is 3.39. The van der Waals surface area contributed by atoms with Gasteiger partial charge in [0.25, 0.3) is 5.88 Å². The van der Waals surface area contributed by atoms with Gasteiger partial charge in [0.1, 0.15) is 5.82 Å². The number of nitrogens with zero attached hydrogens (tertiary/aromatic N) is 3. The molecule has 0 saturated carbocycles. The summed E-state index contributed by atoms with van der Waals surface area (Å²) < 4.78 is 4.86. The van der Waals surface area contributed by atoms with Crippen LogP contribution in [0.15, 0.2) is 24.5 Å². The Morgan fingerprint density at radius 1 is 1.33 bits per heavy atom. The number of pyridine rings is 1. The van der Waals surface area contributed by atoms with E-state index in [4.69, 9.17) is 4.74 Å². The molecule has 2 aromatic rings. The van der Waals surface area contributed by atoms with Gasteiger partial charge in [-0.1, -0.05) is 0 Å². The zero-order valence-corrected chi connectivity index (χ0v) is 10.0. The third kappa shape index (κ3) is 2.57. The fraction of sp³-hybridized carbons (Fsp3) is 0.182. The van der Waals surface area contributed by atoms with E-state index in [2.05, 4.69) is 25.6 Å². The molecule has 3 N–H and O–H groups in total. The Morgan fingerprint density at radius 2 is 2.17 bits per heavy atom. The van der Waals surface area contributed by atoms with Gasteiger partial charge < -0.3 is 20.5 Å². The lowest BCUT2D eigenvalue weighted by atomic mass is 10.4. The molecule has 0 radical (unpaired) electrons. The molecule has 0 fully saturated rings. The highest BCUT2D eigenvalue weighted by Gasteiger charge is 2.05. The minimum atomic E-state index is -0.0488. The van der Waals surface area contributed by atoms with Crippen LogP contribution >= 0.6 is 0 Å². The summed E-state index contributed by atoms with van der Waals surface area (Å²) in [5.41, 5.74) is 0.571. The number of hydrogen-bond acceptors (Lipinski definition) is 7. The summed E-state index contributed by atoms with van der Waals surface area (Å²) in [5, 5.41) is 15.4. The van der Waals surface area contributed by atoms with Gasteiger partial charge >= 0.3 is 0 Å². The first-order chi connectivity index (χ1) is 8.72. The van der Waals surface area contributed by atoms with Crippen LogP contribution in [0.25, 0.3) is 0 Å². The van der Waals surface area contributed by atoms with Gasteiger partial charge in [0.05, 0.1) is 19.0 Å². The molecule has 2 heterocycles. The molecular weight excluding hydrogens is 234 g/mol. The van der Waals surface area contributed by atoms with Crippen molar-refractivity contribution >= 4 is 17.5 Å². The third-order valence-electron chi connectivity index (χ3n) is 2.19. The van der Waals surface area contributed by atoms with Crippen LogP contribution in [0.3, 0.4) is 0 Å². The summed E-state index contributed by atoms with van der Waals surface area (Å²) in [6, 6.07) is 3.23. The average Bonchev–Trinajstić information content (AvgIpc) is 2.39. The second-order valence-corrected chi connectivity index (χ2v) is 3.39. The minimum absolute atomic E-state index is 0.0488. The number of aromatic hydroxyl groups is 1. The van der Waals surface area contributed by atoms with Crippen molar-refractivity contribution in [1.29, 1.82) is 0 Å². The van der Waals surface area contributed by atoms with Crippen molar-refractivity contribution < 1.29 is 9.84 Å². The number of anilines is 3. The SMILES string of the molecule is CNc1ccnc(Nc2cnc(OC)c(O)c2)n1. The number of hydrogen-bond donors (Lipinski definition) is 3. The quantitative estimate of drug-likeness (QED) is 0.751. The van der Waals surface area contributed by atoms with Gasteiger partial charge in [-0.15, -0.1) is 0 Å². The smallest absolute Gasteiger partial charge is 0.256 e. The monoisotopic (exact) mass is 247 g/mol. The zero-order valence-electron chi connectivity index (χ0n) is 10.0. The Bertz CT molecular complexity index is 547.